The molecule has 2 aromatic carbocycles. The fraction of sp³-hybridized carbons (Fsp3) is 0.360. The second kappa shape index (κ2) is 7.18. The van der Waals surface area contributed by atoms with Crippen LogP contribution in [0.1, 0.15) is 15.9 Å². The minimum absolute atomic E-state index is 0.0835. The number of fused-ring (bicyclic) bond motifs is 8. The molecule has 0 spiro atoms. The standard InChI is InChI=1S/C25H23NO6/c1-29-14-8-9-15(18(11-14)30-2)23(27)22-21-19-12-31-25(32-19)24(28)20(21)17-10-7-13-5-3-4-6-16(13)26(17)22/h3-11,17,19-22,25H,12H2,1-2H3/t17-,19+,20-,21-,22-,25+/m1/s1. The first-order valence-corrected chi connectivity index (χ1v) is 10.7. The van der Waals surface area contributed by atoms with Gasteiger partial charge in [0.15, 0.2) is 11.6 Å². The highest BCUT2D eigenvalue weighted by Crippen LogP contribution is 2.51. The summed E-state index contributed by atoms with van der Waals surface area (Å²) in [4.78, 5) is 29.5. The molecule has 6 atom stereocenters. The van der Waals surface area contributed by atoms with Crippen molar-refractivity contribution in [2.24, 2.45) is 11.8 Å². The zero-order valence-electron chi connectivity index (χ0n) is 17.8. The molecule has 4 heterocycles. The van der Waals surface area contributed by atoms with Crippen molar-refractivity contribution in [3.8, 4) is 11.5 Å². The smallest absolute Gasteiger partial charge is 0.218 e. The molecular weight excluding hydrogens is 410 g/mol. The average Bonchev–Trinajstić information content (AvgIpc) is 3.43. The van der Waals surface area contributed by atoms with E-state index < -0.39 is 12.3 Å². The Morgan fingerprint density at radius 2 is 1.97 bits per heavy atom. The molecule has 6 rings (SSSR count). The van der Waals surface area contributed by atoms with E-state index in [1.807, 2.05) is 36.4 Å². The Bertz CT molecular complexity index is 1140. The van der Waals surface area contributed by atoms with Gasteiger partial charge in [0.2, 0.25) is 6.29 Å². The summed E-state index contributed by atoms with van der Waals surface area (Å²) in [6, 6.07) is 12.3. The predicted molar refractivity (Wildman–Crippen MR) is 116 cm³/mol. The summed E-state index contributed by atoms with van der Waals surface area (Å²) >= 11 is 0. The number of rotatable bonds is 4. The molecule has 0 radical (unpaired) electrons. The monoisotopic (exact) mass is 433 g/mol. The van der Waals surface area contributed by atoms with Crippen LogP contribution in [0.5, 0.6) is 11.5 Å². The van der Waals surface area contributed by atoms with Crippen molar-refractivity contribution >= 4 is 23.3 Å². The predicted octanol–water partition coefficient (Wildman–Crippen LogP) is 2.73. The van der Waals surface area contributed by atoms with E-state index in [1.54, 1.807) is 25.3 Å². The number of Topliss-reactive ketones (excluding diaryl/α,β-unsaturated/α-hetero) is 2. The van der Waals surface area contributed by atoms with Gasteiger partial charge in [-0.1, -0.05) is 30.4 Å². The van der Waals surface area contributed by atoms with Crippen LogP contribution in [0.3, 0.4) is 0 Å². The average molecular weight is 433 g/mol. The van der Waals surface area contributed by atoms with E-state index in [4.69, 9.17) is 18.9 Å². The summed E-state index contributed by atoms with van der Waals surface area (Å²) in [6.45, 7) is 0.313. The van der Waals surface area contributed by atoms with Crippen LogP contribution in [0, 0.1) is 11.8 Å². The van der Waals surface area contributed by atoms with E-state index in [2.05, 4.69) is 4.90 Å². The van der Waals surface area contributed by atoms with Gasteiger partial charge in [-0.2, -0.15) is 0 Å². The van der Waals surface area contributed by atoms with Crippen LogP contribution in [0.4, 0.5) is 5.69 Å². The van der Waals surface area contributed by atoms with Gasteiger partial charge in [-0.25, -0.2) is 0 Å². The molecule has 3 saturated heterocycles. The molecule has 2 aromatic rings. The number of carbonyl (C=O) groups is 2. The molecule has 164 valence electrons. The fourth-order valence-corrected chi connectivity index (χ4v) is 5.74. The van der Waals surface area contributed by atoms with Crippen molar-refractivity contribution in [3.05, 3.63) is 59.7 Å². The van der Waals surface area contributed by atoms with Crippen LogP contribution in [0.2, 0.25) is 0 Å². The highest BCUT2D eigenvalue weighted by molar-refractivity contribution is 6.07. The highest BCUT2D eigenvalue weighted by atomic mass is 16.7. The molecule has 3 fully saturated rings. The Labute approximate surface area is 185 Å². The van der Waals surface area contributed by atoms with Crippen LogP contribution < -0.4 is 14.4 Å². The van der Waals surface area contributed by atoms with E-state index in [-0.39, 0.29) is 35.5 Å². The van der Waals surface area contributed by atoms with E-state index in [1.165, 1.54) is 7.11 Å². The third kappa shape index (κ3) is 2.61. The number of methoxy groups -OCH3 is 2. The van der Waals surface area contributed by atoms with Gasteiger partial charge in [0.1, 0.15) is 11.5 Å². The van der Waals surface area contributed by atoms with Gasteiger partial charge in [0, 0.05) is 17.7 Å². The number of benzene rings is 2. The summed E-state index contributed by atoms with van der Waals surface area (Å²) in [5, 5.41) is 0. The molecule has 0 N–H and O–H groups in total. The molecule has 0 saturated carbocycles. The zero-order valence-corrected chi connectivity index (χ0v) is 17.8. The van der Waals surface area contributed by atoms with Gasteiger partial charge in [0.25, 0.3) is 0 Å². The van der Waals surface area contributed by atoms with Crippen molar-refractivity contribution in [2.45, 2.75) is 24.5 Å². The lowest BCUT2D eigenvalue weighted by atomic mass is 9.77. The molecule has 0 unspecified atom stereocenters. The largest absolute Gasteiger partial charge is 0.497 e. The number of ether oxygens (including phenoxy) is 4. The molecule has 4 aliphatic rings. The maximum atomic E-state index is 14.1. The maximum Gasteiger partial charge on any atom is 0.218 e. The van der Waals surface area contributed by atoms with Gasteiger partial charge < -0.3 is 23.8 Å². The molecule has 7 heteroatoms. The summed E-state index contributed by atoms with van der Waals surface area (Å²) in [7, 11) is 3.11. The number of ketones is 2. The van der Waals surface area contributed by atoms with Crippen LogP contribution in [0.25, 0.3) is 6.08 Å². The lowest BCUT2D eigenvalue weighted by molar-refractivity contribution is -0.163. The van der Waals surface area contributed by atoms with Crippen molar-refractivity contribution in [3.63, 3.8) is 0 Å². The van der Waals surface area contributed by atoms with Gasteiger partial charge >= 0.3 is 0 Å². The SMILES string of the molecule is COc1ccc(C(=O)[C@H]2[C@H]3[C@H](C(=O)[C@H]4OC[C@@H]3O4)[C@H]3C=Cc4ccccc4N32)c(OC)c1. The van der Waals surface area contributed by atoms with Crippen LogP contribution in [-0.2, 0) is 14.3 Å². The molecule has 4 aliphatic heterocycles. The lowest BCUT2D eigenvalue weighted by Gasteiger charge is -2.35. The fourth-order valence-electron chi connectivity index (χ4n) is 5.74. The van der Waals surface area contributed by atoms with E-state index in [0.29, 0.717) is 23.7 Å². The van der Waals surface area contributed by atoms with Crippen LogP contribution in [-0.4, -0.2) is 56.9 Å². The van der Waals surface area contributed by atoms with Crippen molar-refractivity contribution in [2.75, 3.05) is 25.7 Å². The van der Waals surface area contributed by atoms with Gasteiger partial charge in [-0.3, -0.25) is 9.59 Å². The second-order valence-corrected chi connectivity index (χ2v) is 8.54. The Morgan fingerprint density at radius 1 is 1.12 bits per heavy atom. The third-order valence-corrected chi connectivity index (χ3v) is 7.10. The molecule has 0 aliphatic carbocycles. The van der Waals surface area contributed by atoms with Crippen LogP contribution >= 0.6 is 0 Å². The Balaban J connectivity index is 1.51. The molecule has 7 nitrogen and oxygen atoms in total. The summed E-state index contributed by atoms with van der Waals surface area (Å²) in [6.07, 6.45) is 2.94. The molecular formula is C25H23NO6. The van der Waals surface area contributed by atoms with Crippen molar-refractivity contribution in [1.29, 1.82) is 0 Å². The molecule has 32 heavy (non-hydrogen) atoms. The number of para-hydroxylation sites is 1. The lowest BCUT2D eigenvalue weighted by Crippen LogP contribution is -2.48. The number of hydrogen-bond acceptors (Lipinski definition) is 7. The van der Waals surface area contributed by atoms with Gasteiger partial charge in [-0.15, -0.1) is 0 Å². The molecule has 0 aromatic heterocycles. The second-order valence-electron chi connectivity index (χ2n) is 8.54. The normalized spacial score (nSPS) is 31.7. The summed E-state index contributed by atoms with van der Waals surface area (Å²) in [5.74, 6) is 0.174. The third-order valence-electron chi connectivity index (χ3n) is 7.10. The van der Waals surface area contributed by atoms with Gasteiger partial charge in [-0.05, 0) is 23.8 Å². The summed E-state index contributed by atoms with van der Waals surface area (Å²) < 4.78 is 22.4. The minimum Gasteiger partial charge on any atom is -0.497 e. The Hall–Kier alpha value is -3.16. The number of hydrogen-bond donors (Lipinski definition) is 0. The van der Waals surface area contributed by atoms with Gasteiger partial charge in [0.05, 0.1) is 50.5 Å². The first kappa shape index (κ1) is 19.5. The zero-order chi connectivity index (χ0) is 22.0. The Kier molecular flexibility index (Phi) is 4.38. The number of carbonyl (C=O) groups excluding carboxylic acids is 2. The first-order chi connectivity index (χ1) is 15.6. The highest BCUT2D eigenvalue weighted by Gasteiger charge is 2.63. The number of nitrogens with zero attached hydrogens (tertiary/aromatic N) is 1. The topological polar surface area (TPSA) is 74.3 Å². The van der Waals surface area contributed by atoms with E-state index in [9.17, 15) is 9.59 Å². The van der Waals surface area contributed by atoms with E-state index in [0.717, 1.165) is 11.3 Å². The first-order valence-electron chi connectivity index (χ1n) is 10.7. The summed E-state index contributed by atoms with van der Waals surface area (Å²) in [5.41, 5.74) is 2.43. The van der Waals surface area contributed by atoms with Crippen molar-refractivity contribution in [1.82, 2.24) is 0 Å². The van der Waals surface area contributed by atoms with E-state index >= 15 is 0 Å². The van der Waals surface area contributed by atoms with Crippen molar-refractivity contribution < 1.29 is 28.5 Å². The van der Waals surface area contributed by atoms with Crippen LogP contribution in [0.15, 0.2) is 48.5 Å². The molecule has 2 bridgehead atoms. The quantitative estimate of drug-likeness (QED) is 0.687. The minimum atomic E-state index is -0.835. The Morgan fingerprint density at radius 3 is 2.78 bits per heavy atom. The molecule has 0 amide bonds. The number of anilines is 1. The maximum absolute atomic E-state index is 14.1.